The van der Waals surface area contributed by atoms with E-state index in [1.54, 1.807) is 54.6 Å². The number of allylic oxidation sites excluding steroid dienone is 1. The standard InChI is InChI=1S/C16H11NO2.CH4O/c17-11-13-1-6-14(7-2-13)16(19)10-5-12-3-8-15(18)9-4-12;1-2/h1-10,18H;2H,1H3/b10-5+;. The molecule has 0 aliphatic rings. The van der Waals surface area contributed by atoms with Gasteiger partial charge in [-0.15, -0.1) is 0 Å². The summed E-state index contributed by atoms with van der Waals surface area (Å²) in [5.41, 5.74) is 1.90. The number of carbonyl (C=O) groups is 1. The van der Waals surface area contributed by atoms with Crippen molar-refractivity contribution in [2.75, 3.05) is 7.11 Å². The summed E-state index contributed by atoms with van der Waals surface area (Å²) < 4.78 is 0. The molecule has 0 saturated heterocycles. The Morgan fingerprint density at radius 3 is 2.14 bits per heavy atom. The molecule has 0 aliphatic carbocycles. The van der Waals surface area contributed by atoms with Gasteiger partial charge in [0, 0.05) is 12.7 Å². The Morgan fingerprint density at radius 2 is 1.62 bits per heavy atom. The SMILES string of the molecule is CO.N#Cc1ccc(C(=O)/C=C/c2ccc(O)cc2)cc1. The van der Waals surface area contributed by atoms with Gasteiger partial charge >= 0.3 is 0 Å². The molecule has 2 N–H and O–H groups in total. The number of nitrogens with zero attached hydrogens (tertiary/aromatic N) is 1. The lowest BCUT2D eigenvalue weighted by atomic mass is 10.1. The van der Waals surface area contributed by atoms with Gasteiger partial charge in [0.05, 0.1) is 11.6 Å². The van der Waals surface area contributed by atoms with Gasteiger partial charge in [-0.05, 0) is 48.0 Å². The topological polar surface area (TPSA) is 81.3 Å². The molecule has 0 heterocycles. The molecule has 0 fully saturated rings. The minimum atomic E-state index is -0.127. The molecule has 2 aromatic carbocycles. The third-order valence-corrected chi connectivity index (χ3v) is 2.62. The first-order valence-electron chi connectivity index (χ1n) is 6.15. The van der Waals surface area contributed by atoms with Crippen LogP contribution in [-0.2, 0) is 0 Å². The highest BCUT2D eigenvalue weighted by atomic mass is 16.3. The monoisotopic (exact) mass is 281 g/mol. The Hall–Kier alpha value is -2.90. The number of rotatable bonds is 3. The summed E-state index contributed by atoms with van der Waals surface area (Å²) >= 11 is 0. The summed E-state index contributed by atoms with van der Waals surface area (Å²) in [7, 11) is 1.00. The number of benzene rings is 2. The van der Waals surface area contributed by atoms with Gasteiger partial charge in [-0.25, -0.2) is 0 Å². The summed E-state index contributed by atoms with van der Waals surface area (Å²) in [6.07, 6.45) is 3.15. The van der Waals surface area contributed by atoms with Gasteiger partial charge in [-0.2, -0.15) is 5.26 Å². The molecular formula is C17H15NO3. The van der Waals surface area contributed by atoms with E-state index < -0.39 is 0 Å². The molecular weight excluding hydrogens is 266 g/mol. The largest absolute Gasteiger partial charge is 0.508 e. The quantitative estimate of drug-likeness (QED) is 0.669. The Bertz CT molecular complexity index is 650. The fraction of sp³-hybridized carbons (Fsp3) is 0.0588. The summed E-state index contributed by atoms with van der Waals surface area (Å²) in [5, 5.41) is 24.8. The predicted molar refractivity (Wildman–Crippen MR) is 80.8 cm³/mol. The molecule has 0 aromatic heterocycles. The summed E-state index contributed by atoms with van der Waals surface area (Å²) in [4.78, 5) is 11.9. The molecule has 0 aliphatic heterocycles. The second kappa shape index (κ2) is 8.31. The number of aromatic hydroxyl groups is 1. The van der Waals surface area contributed by atoms with Crippen molar-refractivity contribution in [3.05, 3.63) is 71.3 Å². The first-order chi connectivity index (χ1) is 10.2. The van der Waals surface area contributed by atoms with Crippen LogP contribution in [0.25, 0.3) is 6.08 Å². The maximum Gasteiger partial charge on any atom is 0.185 e. The molecule has 4 nitrogen and oxygen atoms in total. The zero-order chi connectivity index (χ0) is 15.7. The number of ketones is 1. The van der Waals surface area contributed by atoms with Crippen LogP contribution in [0.1, 0.15) is 21.5 Å². The van der Waals surface area contributed by atoms with Gasteiger partial charge < -0.3 is 10.2 Å². The van der Waals surface area contributed by atoms with Crippen molar-refractivity contribution in [2.45, 2.75) is 0 Å². The van der Waals surface area contributed by atoms with Crippen LogP contribution in [0, 0.1) is 11.3 Å². The van der Waals surface area contributed by atoms with Crippen LogP contribution < -0.4 is 0 Å². The Labute approximate surface area is 123 Å². The van der Waals surface area contributed by atoms with E-state index in [-0.39, 0.29) is 11.5 Å². The number of hydrogen-bond donors (Lipinski definition) is 2. The number of aliphatic hydroxyl groups is 1. The van der Waals surface area contributed by atoms with Gasteiger partial charge in [0.2, 0.25) is 0 Å². The minimum absolute atomic E-state index is 0.127. The van der Waals surface area contributed by atoms with Crippen LogP contribution in [0.3, 0.4) is 0 Å². The highest BCUT2D eigenvalue weighted by Gasteiger charge is 2.01. The van der Waals surface area contributed by atoms with Crippen LogP contribution in [0.4, 0.5) is 0 Å². The van der Waals surface area contributed by atoms with Gasteiger partial charge in [0.1, 0.15) is 5.75 Å². The number of phenols is 1. The Kier molecular flexibility index (Phi) is 6.39. The van der Waals surface area contributed by atoms with Crippen molar-refractivity contribution in [3.8, 4) is 11.8 Å². The number of carbonyl (C=O) groups excluding carboxylic acids is 1. The molecule has 4 heteroatoms. The van der Waals surface area contributed by atoms with Crippen molar-refractivity contribution >= 4 is 11.9 Å². The van der Waals surface area contributed by atoms with Crippen LogP contribution in [0.15, 0.2) is 54.6 Å². The van der Waals surface area contributed by atoms with E-state index in [0.29, 0.717) is 11.1 Å². The van der Waals surface area contributed by atoms with Gasteiger partial charge in [0.15, 0.2) is 5.78 Å². The molecule has 21 heavy (non-hydrogen) atoms. The molecule has 0 spiro atoms. The van der Waals surface area contributed by atoms with Crippen molar-refractivity contribution < 1.29 is 15.0 Å². The average molecular weight is 281 g/mol. The van der Waals surface area contributed by atoms with Crippen molar-refractivity contribution in [1.82, 2.24) is 0 Å². The second-order valence-electron chi connectivity index (χ2n) is 3.98. The Morgan fingerprint density at radius 1 is 1.05 bits per heavy atom. The predicted octanol–water partition coefficient (Wildman–Crippen LogP) is 2.77. The fourth-order valence-corrected chi connectivity index (χ4v) is 1.56. The molecule has 0 atom stereocenters. The third-order valence-electron chi connectivity index (χ3n) is 2.62. The molecule has 0 saturated carbocycles. The number of phenolic OH excluding ortho intramolecular Hbond substituents is 1. The maximum atomic E-state index is 11.9. The number of nitriles is 1. The van der Waals surface area contributed by atoms with Crippen molar-refractivity contribution in [2.24, 2.45) is 0 Å². The lowest BCUT2D eigenvalue weighted by Crippen LogP contribution is -1.93. The molecule has 2 aromatic rings. The molecule has 0 amide bonds. The lowest BCUT2D eigenvalue weighted by Gasteiger charge is -1.96. The van der Waals surface area contributed by atoms with Crippen LogP contribution in [0.2, 0.25) is 0 Å². The normalized spacial score (nSPS) is 9.57. The molecule has 0 unspecified atom stereocenters. The summed E-state index contributed by atoms with van der Waals surface area (Å²) in [6.45, 7) is 0. The average Bonchev–Trinajstić information content (AvgIpc) is 2.56. The molecule has 0 radical (unpaired) electrons. The third kappa shape index (κ3) is 4.94. The van der Waals surface area contributed by atoms with E-state index in [4.69, 9.17) is 15.5 Å². The van der Waals surface area contributed by atoms with E-state index >= 15 is 0 Å². The fourth-order valence-electron chi connectivity index (χ4n) is 1.56. The molecule has 106 valence electrons. The van der Waals surface area contributed by atoms with E-state index in [9.17, 15) is 4.79 Å². The summed E-state index contributed by atoms with van der Waals surface area (Å²) in [5.74, 6) is 0.0631. The smallest absolute Gasteiger partial charge is 0.185 e. The highest BCUT2D eigenvalue weighted by molar-refractivity contribution is 6.06. The first kappa shape index (κ1) is 16.2. The van der Waals surface area contributed by atoms with Gasteiger partial charge in [-0.1, -0.05) is 18.2 Å². The molecule has 0 bridgehead atoms. The van der Waals surface area contributed by atoms with Gasteiger partial charge in [0.25, 0.3) is 0 Å². The number of aliphatic hydroxyl groups excluding tert-OH is 1. The van der Waals surface area contributed by atoms with E-state index in [0.717, 1.165) is 12.7 Å². The minimum Gasteiger partial charge on any atom is -0.508 e. The Balaban J connectivity index is 0.00000106. The zero-order valence-corrected chi connectivity index (χ0v) is 11.5. The second-order valence-corrected chi connectivity index (χ2v) is 3.98. The summed E-state index contributed by atoms with van der Waals surface area (Å²) in [6, 6.07) is 15.0. The van der Waals surface area contributed by atoms with Crippen molar-refractivity contribution in [1.29, 1.82) is 5.26 Å². The van der Waals surface area contributed by atoms with Gasteiger partial charge in [-0.3, -0.25) is 4.79 Å². The first-order valence-corrected chi connectivity index (χ1v) is 6.15. The van der Waals surface area contributed by atoms with Crippen LogP contribution in [-0.4, -0.2) is 23.1 Å². The maximum absolute atomic E-state index is 11.9. The zero-order valence-electron chi connectivity index (χ0n) is 11.5. The van der Waals surface area contributed by atoms with E-state index in [1.807, 2.05) is 6.07 Å². The van der Waals surface area contributed by atoms with E-state index in [1.165, 1.54) is 6.08 Å². The van der Waals surface area contributed by atoms with Crippen LogP contribution in [0.5, 0.6) is 5.75 Å². The lowest BCUT2D eigenvalue weighted by molar-refractivity contribution is 0.104. The van der Waals surface area contributed by atoms with Crippen molar-refractivity contribution in [3.63, 3.8) is 0 Å². The molecule has 2 rings (SSSR count). The highest BCUT2D eigenvalue weighted by Crippen LogP contribution is 2.12. The van der Waals surface area contributed by atoms with E-state index in [2.05, 4.69) is 0 Å². The number of hydrogen-bond acceptors (Lipinski definition) is 4. The van der Waals surface area contributed by atoms with Crippen LogP contribution >= 0.6 is 0 Å².